The fourth-order valence-electron chi connectivity index (χ4n) is 5.40. The number of benzene rings is 2. The smallest absolute Gasteiger partial charge is 0.356 e. The molecule has 1 fully saturated rings. The maximum absolute atomic E-state index is 13.6. The van der Waals surface area contributed by atoms with Crippen LogP contribution in [0.1, 0.15) is 77.8 Å². The maximum Gasteiger partial charge on any atom is 0.356 e. The Morgan fingerprint density at radius 2 is 1.71 bits per heavy atom. The van der Waals surface area contributed by atoms with E-state index >= 15 is 0 Å². The number of thioether (sulfide) groups is 1. The second-order valence-corrected chi connectivity index (χ2v) is 11.8. The van der Waals surface area contributed by atoms with E-state index in [4.69, 9.17) is 9.25 Å². The summed E-state index contributed by atoms with van der Waals surface area (Å²) in [5.74, 6) is 0.0593. The summed E-state index contributed by atoms with van der Waals surface area (Å²) in [6, 6.07) is 19.0. The molecule has 0 spiro atoms. The van der Waals surface area contributed by atoms with Crippen LogP contribution in [0.4, 0.5) is 0 Å². The first-order valence-electron chi connectivity index (χ1n) is 14.4. The zero-order valence-electron chi connectivity index (χ0n) is 23.0. The molecular weight excluding hydrogens is 534 g/mol. The van der Waals surface area contributed by atoms with E-state index in [1.807, 2.05) is 30.4 Å². The van der Waals surface area contributed by atoms with Gasteiger partial charge >= 0.3 is 5.97 Å². The summed E-state index contributed by atoms with van der Waals surface area (Å²) in [6.07, 6.45) is 15.9. The zero-order valence-corrected chi connectivity index (χ0v) is 23.8. The summed E-state index contributed by atoms with van der Waals surface area (Å²) in [6.45, 7) is 0. The van der Waals surface area contributed by atoms with Crippen molar-refractivity contribution in [1.29, 1.82) is 0 Å². The van der Waals surface area contributed by atoms with Crippen molar-refractivity contribution in [3.05, 3.63) is 113 Å². The molecule has 1 aromatic heterocycles. The van der Waals surface area contributed by atoms with Crippen LogP contribution in [0.2, 0.25) is 0 Å². The number of nitrogens with one attached hydrogen (secondary N) is 1. The third-order valence-electron chi connectivity index (χ3n) is 7.76. The number of hydrogen-bond donors (Lipinski definition) is 1. The predicted octanol–water partition coefficient (Wildman–Crippen LogP) is 7.72. The highest BCUT2D eigenvalue weighted by Gasteiger charge is 2.28. The van der Waals surface area contributed by atoms with E-state index < -0.39 is 12.0 Å². The molecule has 41 heavy (non-hydrogen) atoms. The van der Waals surface area contributed by atoms with Gasteiger partial charge in [0.2, 0.25) is 5.78 Å². The Hall–Kier alpha value is -3.68. The topological polar surface area (TPSA) is 85.6 Å². The van der Waals surface area contributed by atoms with E-state index in [9.17, 15) is 14.4 Å². The monoisotopic (exact) mass is 569 g/mol. The van der Waals surface area contributed by atoms with Crippen molar-refractivity contribution >= 4 is 29.3 Å². The number of Topliss-reactive ketones (excluding diaryl/α,β-unsaturated/α-hetero) is 1. The van der Waals surface area contributed by atoms with Gasteiger partial charge in [-0.1, -0.05) is 80.3 Å². The molecule has 2 atom stereocenters. The van der Waals surface area contributed by atoms with Crippen molar-refractivity contribution in [3.8, 4) is 0 Å². The predicted molar refractivity (Wildman–Crippen MR) is 159 cm³/mol. The second kappa shape index (κ2) is 14.3. The van der Waals surface area contributed by atoms with Crippen LogP contribution < -0.4 is 5.48 Å². The molecule has 0 aliphatic heterocycles. The number of ketones is 2. The lowest BCUT2D eigenvalue weighted by Crippen LogP contribution is -2.41. The van der Waals surface area contributed by atoms with E-state index in [0.29, 0.717) is 35.6 Å². The summed E-state index contributed by atoms with van der Waals surface area (Å²) in [5, 5.41) is 0. The lowest BCUT2D eigenvalue weighted by molar-refractivity contribution is -0.126. The third kappa shape index (κ3) is 7.96. The van der Waals surface area contributed by atoms with Crippen LogP contribution in [0.15, 0.2) is 105 Å². The van der Waals surface area contributed by atoms with Crippen molar-refractivity contribution in [3.63, 3.8) is 0 Å². The van der Waals surface area contributed by atoms with Crippen LogP contribution in [0.25, 0.3) is 0 Å². The number of hydrogen-bond acceptors (Lipinski definition) is 7. The third-order valence-corrected chi connectivity index (χ3v) is 8.81. The lowest BCUT2D eigenvalue weighted by Gasteiger charge is -2.26. The van der Waals surface area contributed by atoms with E-state index in [1.165, 1.54) is 38.4 Å². The molecule has 2 aliphatic carbocycles. The Bertz CT molecular complexity index is 1370. The average molecular weight is 570 g/mol. The van der Waals surface area contributed by atoms with E-state index in [1.54, 1.807) is 60.3 Å². The molecule has 0 bridgehead atoms. The summed E-state index contributed by atoms with van der Waals surface area (Å²) < 4.78 is 5.21. The van der Waals surface area contributed by atoms with Crippen LogP contribution in [0.5, 0.6) is 0 Å². The first-order valence-corrected chi connectivity index (χ1v) is 15.2. The fourth-order valence-corrected chi connectivity index (χ4v) is 6.27. The highest BCUT2D eigenvalue weighted by atomic mass is 32.2. The van der Waals surface area contributed by atoms with Gasteiger partial charge in [-0.3, -0.25) is 9.59 Å². The highest BCUT2D eigenvalue weighted by Crippen LogP contribution is 2.33. The number of allylic oxidation sites excluding steroid dienone is 3. The Labute approximate surface area is 245 Å². The minimum absolute atomic E-state index is 0.0408. The molecule has 0 saturated heterocycles. The van der Waals surface area contributed by atoms with Gasteiger partial charge < -0.3 is 9.25 Å². The molecule has 2 aromatic carbocycles. The van der Waals surface area contributed by atoms with E-state index in [2.05, 4.69) is 11.6 Å². The lowest BCUT2D eigenvalue weighted by atomic mass is 9.83. The van der Waals surface area contributed by atoms with E-state index in [-0.39, 0.29) is 17.5 Å². The largest absolute Gasteiger partial charge is 0.461 e. The quantitative estimate of drug-likeness (QED) is 0.176. The Kier molecular flexibility index (Phi) is 10.0. The summed E-state index contributed by atoms with van der Waals surface area (Å²) >= 11 is 1.59. The van der Waals surface area contributed by atoms with Gasteiger partial charge in [0, 0.05) is 21.3 Å². The molecule has 5 rings (SSSR count). The highest BCUT2D eigenvalue weighted by molar-refractivity contribution is 8.03. The van der Waals surface area contributed by atoms with E-state index in [0.717, 1.165) is 16.2 Å². The van der Waals surface area contributed by atoms with Crippen molar-refractivity contribution in [2.24, 2.45) is 11.8 Å². The first kappa shape index (κ1) is 28.8. The Morgan fingerprint density at radius 3 is 2.39 bits per heavy atom. The van der Waals surface area contributed by atoms with Gasteiger partial charge in [-0.2, -0.15) is 0 Å². The summed E-state index contributed by atoms with van der Waals surface area (Å²) in [7, 11) is 0. The van der Waals surface area contributed by atoms with Gasteiger partial charge in [0.05, 0.1) is 11.8 Å². The molecular formula is C34H35NO5S. The van der Waals surface area contributed by atoms with Crippen LogP contribution in [0, 0.1) is 11.8 Å². The second-order valence-electron chi connectivity index (χ2n) is 10.7. The fraction of sp³-hybridized carbons (Fsp3) is 0.324. The minimum atomic E-state index is -0.555. The SMILES string of the molecule is O=C(ONC(CCC1CCCCC1)C(=O)C1C=CC(Sc2ccc(C(=O)c3ccco3)cc2)=CC1)c1ccccc1. The first-order chi connectivity index (χ1) is 20.1. The molecule has 1 heterocycles. The van der Waals surface area contributed by atoms with Crippen molar-refractivity contribution < 1.29 is 23.6 Å². The van der Waals surface area contributed by atoms with Gasteiger partial charge in [-0.15, -0.1) is 5.48 Å². The summed E-state index contributed by atoms with van der Waals surface area (Å²) in [5.41, 5.74) is 3.85. The van der Waals surface area contributed by atoms with Crippen LogP contribution in [-0.2, 0) is 9.63 Å². The van der Waals surface area contributed by atoms with Crippen LogP contribution in [0.3, 0.4) is 0 Å². The maximum atomic E-state index is 13.6. The van der Waals surface area contributed by atoms with Gasteiger partial charge in [0.1, 0.15) is 6.04 Å². The molecule has 0 amide bonds. The van der Waals surface area contributed by atoms with Gasteiger partial charge in [0.15, 0.2) is 11.5 Å². The van der Waals surface area contributed by atoms with Crippen molar-refractivity contribution in [2.45, 2.75) is 62.3 Å². The number of hydroxylamine groups is 1. The molecule has 0 radical (unpaired) electrons. The van der Waals surface area contributed by atoms with Crippen LogP contribution in [-0.4, -0.2) is 23.6 Å². The van der Waals surface area contributed by atoms with Crippen molar-refractivity contribution in [1.82, 2.24) is 5.48 Å². The Morgan fingerprint density at radius 1 is 0.927 bits per heavy atom. The molecule has 2 aliphatic rings. The average Bonchev–Trinajstić information content (AvgIpc) is 3.57. The molecule has 7 heteroatoms. The molecule has 1 N–H and O–H groups in total. The number of furan rings is 1. The molecule has 212 valence electrons. The molecule has 2 unspecified atom stereocenters. The number of carbonyl (C=O) groups excluding carboxylic acids is 3. The summed E-state index contributed by atoms with van der Waals surface area (Å²) in [4.78, 5) is 46.1. The molecule has 6 nitrogen and oxygen atoms in total. The molecule has 1 saturated carbocycles. The number of rotatable bonds is 12. The van der Waals surface area contributed by atoms with Gasteiger partial charge in [-0.05, 0) is 73.7 Å². The standard InChI is InChI=1S/C34H35NO5S/c36-32(30(22-13-24-8-3-1-4-9-24)35-40-34(38)27-10-5-2-6-11-27)25-14-18-28(19-15-25)41-29-20-16-26(17-21-29)33(37)31-12-7-23-39-31/h2,5-7,10-12,14,16-21,23-25,30,35H,1,3-4,8-9,13,15,22H2. The van der Waals surface area contributed by atoms with Gasteiger partial charge in [-0.25, -0.2) is 4.79 Å². The van der Waals surface area contributed by atoms with Crippen molar-refractivity contribution in [2.75, 3.05) is 0 Å². The normalized spacial score (nSPS) is 18.0. The molecule has 3 aromatic rings. The Balaban J connectivity index is 1.17. The van der Waals surface area contributed by atoms with Gasteiger partial charge in [0.25, 0.3) is 0 Å². The minimum Gasteiger partial charge on any atom is -0.461 e. The zero-order chi connectivity index (χ0) is 28.4. The number of carbonyl (C=O) groups is 3. The van der Waals surface area contributed by atoms with Crippen LogP contribution >= 0.6 is 11.8 Å².